The molecule has 0 atom stereocenters. The molecule has 0 saturated heterocycles. The van der Waals surface area contributed by atoms with E-state index in [0.29, 0.717) is 40.0 Å². The third-order valence-corrected chi connectivity index (χ3v) is 5.20. The predicted octanol–water partition coefficient (Wildman–Crippen LogP) is 4.72. The maximum atomic E-state index is 13.1. The lowest BCUT2D eigenvalue weighted by atomic mass is 10.1. The molecule has 6 heteroatoms. The highest BCUT2D eigenvalue weighted by atomic mass is 32.1. The standard InChI is InChI=1S/C21H19N3O2S/c1-4-11-24(13-17-8-6-16(12-22)7-9-17)21(25)19-15(3)23-20(27-19)18-10-5-14(2)26-18/h4-10H,1,11,13H2,2-3H3. The largest absolute Gasteiger partial charge is 0.459 e. The number of thiazole rings is 1. The van der Waals surface area contributed by atoms with Crippen molar-refractivity contribution in [1.29, 1.82) is 5.26 Å². The molecule has 0 aliphatic carbocycles. The molecule has 3 rings (SSSR count). The molecular formula is C21H19N3O2S. The summed E-state index contributed by atoms with van der Waals surface area (Å²) in [5, 5.41) is 9.61. The second-order valence-corrected chi connectivity index (χ2v) is 7.13. The van der Waals surface area contributed by atoms with Crippen LogP contribution in [0.4, 0.5) is 0 Å². The lowest BCUT2D eigenvalue weighted by Gasteiger charge is -2.20. The van der Waals surface area contributed by atoms with Crippen LogP contribution in [-0.2, 0) is 6.54 Å². The molecule has 2 aromatic heterocycles. The van der Waals surface area contributed by atoms with Gasteiger partial charge in [-0.25, -0.2) is 4.98 Å². The van der Waals surface area contributed by atoms with Crippen molar-refractivity contribution >= 4 is 17.2 Å². The number of amides is 1. The van der Waals surface area contributed by atoms with Crippen LogP contribution in [0.2, 0.25) is 0 Å². The van der Waals surface area contributed by atoms with Crippen LogP contribution in [0.15, 0.2) is 53.5 Å². The fourth-order valence-corrected chi connectivity index (χ4v) is 3.67. The zero-order valence-electron chi connectivity index (χ0n) is 15.2. The second-order valence-electron chi connectivity index (χ2n) is 6.13. The van der Waals surface area contributed by atoms with Crippen LogP contribution < -0.4 is 0 Å². The summed E-state index contributed by atoms with van der Waals surface area (Å²) < 4.78 is 5.62. The molecule has 0 N–H and O–H groups in total. The van der Waals surface area contributed by atoms with E-state index in [4.69, 9.17) is 9.68 Å². The Bertz CT molecular complexity index is 1010. The Morgan fingerprint density at radius 2 is 2.04 bits per heavy atom. The molecule has 0 unspecified atom stereocenters. The van der Waals surface area contributed by atoms with Crippen molar-refractivity contribution in [1.82, 2.24) is 9.88 Å². The maximum Gasteiger partial charge on any atom is 0.266 e. The predicted molar refractivity (Wildman–Crippen MR) is 105 cm³/mol. The number of aromatic nitrogens is 1. The minimum absolute atomic E-state index is 0.0937. The zero-order valence-corrected chi connectivity index (χ0v) is 16.0. The number of aryl methyl sites for hydroxylation is 2. The molecule has 0 aliphatic rings. The van der Waals surface area contributed by atoms with Crippen molar-refractivity contribution < 1.29 is 9.21 Å². The lowest BCUT2D eigenvalue weighted by molar-refractivity contribution is 0.0766. The Hall–Kier alpha value is -3.17. The summed E-state index contributed by atoms with van der Waals surface area (Å²) >= 11 is 1.33. The van der Waals surface area contributed by atoms with Gasteiger partial charge in [-0.15, -0.1) is 17.9 Å². The van der Waals surface area contributed by atoms with Gasteiger partial charge in [0.25, 0.3) is 5.91 Å². The van der Waals surface area contributed by atoms with Gasteiger partial charge in [0.2, 0.25) is 0 Å². The summed E-state index contributed by atoms with van der Waals surface area (Å²) in [5.41, 5.74) is 2.23. The van der Waals surface area contributed by atoms with Crippen LogP contribution in [0.25, 0.3) is 10.8 Å². The number of carbonyl (C=O) groups excluding carboxylic acids is 1. The van der Waals surface area contributed by atoms with Crippen molar-refractivity contribution in [3.8, 4) is 16.8 Å². The molecule has 2 heterocycles. The van der Waals surface area contributed by atoms with Crippen molar-refractivity contribution in [2.75, 3.05) is 6.54 Å². The van der Waals surface area contributed by atoms with Gasteiger partial charge in [-0.05, 0) is 43.7 Å². The highest BCUT2D eigenvalue weighted by Gasteiger charge is 2.22. The van der Waals surface area contributed by atoms with E-state index in [1.807, 2.05) is 38.1 Å². The van der Waals surface area contributed by atoms with E-state index in [0.717, 1.165) is 11.3 Å². The van der Waals surface area contributed by atoms with Crippen LogP contribution in [-0.4, -0.2) is 22.3 Å². The molecule has 0 spiro atoms. The minimum atomic E-state index is -0.0937. The normalized spacial score (nSPS) is 10.4. The summed E-state index contributed by atoms with van der Waals surface area (Å²) in [6.45, 7) is 8.32. The second kappa shape index (κ2) is 8.02. The number of hydrogen-bond acceptors (Lipinski definition) is 5. The van der Waals surface area contributed by atoms with Crippen LogP contribution in [0.3, 0.4) is 0 Å². The highest BCUT2D eigenvalue weighted by molar-refractivity contribution is 7.17. The average molecular weight is 377 g/mol. The van der Waals surface area contributed by atoms with E-state index in [9.17, 15) is 4.79 Å². The van der Waals surface area contributed by atoms with E-state index in [-0.39, 0.29) is 5.91 Å². The van der Waals surface area contributed by atoms with Crippen LogP contribution in [0.5, 0.6) is 0 Å². The van der Waals surface area contributed by atoms with Gasteiger partial charge < -0.3 is 9.32 Å². The summed E-state index contributed by atoms with van der Waals surface area (Å²) in [5.74, 6) is 1.38. The summed E-state index contributed by atoms with van der Waals surface area (Å²) in [7, 11) is 0. The monoisotopic (exact) mass is 377 g/mol. The van der Waals surface area contributed by atoms with Crippen molar-refractivity contribution in [3.63, 3.8) is 0 Å². The molecule has 0 fully saturated rings. The fraction of sp³-hybridized carbons (Fsp3) is 0.190. The Kier molecular flexibility index (Phi) is 5.53. The smallest absolute Gasteiger partial charge is 0.266 e. The number of rotatable bonds is 6. The third-order valence-electron chi connectivity index (χ3n) is 4.04. The van der Waals surface area contributed by atoms with Gasteiger partial charge >= 0.3 is 0 Å². The first-order valence-electron chi connectivity index (χ1n) is 8.45. The van der Waals surface area contributed by atoms with Gasteiger partial charge in [-0.2, -0.15) is 5.26 Å². The summed E-state index contributed by atoms with van der Waals surface area (Å²) in [6.07, 6.45) is 1.70. The number of benzene rings is 1. The Morgan fingerprint density at radius 3 is 2.63 bits per heavy atom. The molecular weight excluding hydrogens is 358 g/mol. The highest BCUT2D eigenvalue weighted by Crippen LogP contribution is 2.30. The van der Waals surface area contributed by atoms with E-state index in [1.165, 1.54) is 11.3 Å². The minimum Gasteiger partial charge on any atom is -0.459 e. The molecule has 0 bridgehead atoms. The Balaban J connectivity index is 1.85. The summed E-state index contributed by atoms with van der Waals surface area (Å²) in [4.78, 5) is 19.9. The van der Waals surface area contributed by atoms with Gasteiger partial charge in [0, 0.05) is 13.1 Å². The number of nitrogens with zero attached hydrogens (tertiary/aromatic N) is 3. The van der Waals surface area contributed by atoms with Crippen LogP contribution in [0.1, 0.15) is 32.3 Å². The SMILES string of the molecule is C=CCN(Cc1ccc(C#N)cc1)C(=O)c1sc(-c2ccc(C)o2)nc1C. The number of nitriles is 1. The van der Waals surface area contributed by atoms with Gasteiger partial charge in [-0.3, -0.25) is 4.79 Å². The van der Waals surface area contributed by atoms with Crippen molar-refractivity contribution in [3.05, 3.63) is 76.5 Å². The molecule has 0 radical (unpaired) electrons. The van der Waals surface area contributed by atoms with E-state index in [2.05, 4.69) is 17.6 Å². The maximum absolute atomic E-state index is 13.1. The number of carbonyl (C=O) groups is 1. The van der Waals surface area contributed by atoms with Gasteiger partial charge in [0.1, 0.15) is 10.6 Å². The Labute approximate surface area is 162 Å². The molecule has 5 nitrogen and oxygen atoms in total. The molecule has 1 amide bonds. The van der Waals surface area contributed by atoms with E-state index in [1.54, 1.807) is 23.1 Å². The first-order valence-corrected chi connectivity index (χ1v) is 9.27. The fourth-order valence-electron chi connectivity index (χ4n) is 2.67. The molecule has 0 aliphatic heterocycles. The van der Waals surface area contributed by atoms with Gasteiger partial charge in [0.05, 0.1) is 17.3 Å². The topological polar surface area (TPSA) is 70.1 Å². The molecule has 0 saturated carbocycles. The van der Waals surface area contributed by atoms with Crippen molar-refractivity contribution in [2.45, 2.75) is 20.4 Å². The quantitative estimate of drug-likeness (QED) is 0.583. The first-order chi connectivity index (χ1) is 13.0. The van der Waals surface area contributed by atoms with Gasteiger partial charge in [0.15, 0.2) is 10.8 Å². The molecule has 136 valence electrons. The molecule has 27 heavy (non-hydrogen) atoms. The lowest BCUT2D eigenvalue weighted by Crippen LogP contribution is -2.30. The molecule has 3 aromatic rings. The Morgan fingerprint density at radius 1 is 1.30 bits per heavy atom. The summed E-state index contributed by atoms with van der Waals surface area (Å²) in [6, 6.07) is 13.1. The number of furan rings is 1. The first kappa shape index (κ1) is 18.6. The van der Waals surface area contributed by atoms with Crippen LogP contribution >= 0.6 is 11.3 Å². The zero-order chi connectivity index (χ0) is 19.4. The van der Waals surface area contributed by atoms with Crippen molar-refractivity contribution in [2.24, 2.45) is 0 Å². The van der Waals surface area contributed by atoms with Gasteiger partial charge in [-0.1, -0.05) is 18.2 Å². The van der Waals surface area contributed by atoms with E-state index < -0.39 is 0 Å². The number of hydrogen-bond donors (Lipinski definition) is 0. The van der Waals surface area contributed by atoms with E-state index >= 15 is 0 Å². The third kappa shape index (κ3) is 4.15. The average Bonchev–Trinajstić information content (AvgIpc) is 3.27. The molecule has 1 aromatic carbocycles. The van der Waals surface area contributed by atoms with Crippen LogP contribution in [0, 0.1) is 25.2 Å².